The maximum Gasteiger partial charge on any atom is 0.269 e. The number of nitrogens with zero attached hydrogens (tertiary/aromatic N) is 3. The Kier molecular flexibility index (Phi) is 5.14. The lowest BCUT2D eigenvalue weighted by atomic mass is 10.1. The monoisotopic (exact) mass is 365 g/mol. The molecule has 2 aromatic rings. The molecule has 2 aromatic carbocycles. The summed E-state index contributed by atoms with van der Waals surface area (Å²) in [5, 5.41) is 21.5. The van der Waals surface area contributed by atoms with E-state index >= 15 is 0 Å². The third-order valence-electron chi connectivity index (χ3n) is 3.83. The number of non-ortho nitro benzene ring substituents is 2. The van der Waals surface area contributed by atoms with Crippen molar-refractivity contribution >= 4 is 21.4 Å². The van der Waals surface area contributed by atoms with Crippen LogP contribution >= 0.6 is 0 Å². The van der Waals surface area contributed by atoms with Crippen molar-refractivity contribution in [3.8, 4) is 0 Å². The van der Waals surface area contributed by atoms with Crippen LogP contribution in [0.25, 0.3) is 0 Å². The Morgan fingerprint density at radius 2 is 1.52 bits per heavy atom. The highest BCUT2D eigenvalue weighted by molar-refractivity contribution is 7.89. The summed E-state index contributed by atoms with van der Waals surface area (Å²) in [5.74, 6) is 0. The number of nitro groups is 2. The molecule has 0 saturated heterocycles. The molecule has 0 radical (unpaired) electrons. The van der Waals surface area contributed by atoms with Crippen LogP contribution in [0.5, 0.6) is 0 Å². The normalized spacial score (nSPS) is 12.8. The van der Waals surface area contributed by atoms with Crippen molar-refractivity contribution in [2.45, 2.75) is 17.9 Å². The van der Waals surface area contributed by atoms with Crippen LogP contribution in [0, 0.1) is 20.2 Å². The van der Waals surface area contributed by atoms with Crippen LogP contribution in [-0.2, 0) is 10.0 Å². The van der Waals surface area contributed by atoms with Crippen molar-refractivity contribution in [2.75, 3.05) is 7.05 Å². The summed E-state index contributed by atoms with van der Waals surface area (Å²) in [5.41, 5.74) is 0.112. The van der Waals surface area contributed by atoms with Gasteiger partial charge in [0.15, 0.2) is 0 Å². The average molecular weight is 365 g/mol. The Labute approximate surface area is 143 Å². The summed E-state index contributed by atoms with van der Waals surface area (Å²) in [4.78, 5) is 20.3. The van der Waals surface area contributed by atoms with E-state index in [4.69, 9.17) is 0 Å². The second-order valence-corrected chi connectivity index (χ2v) is 7.30. The zero-order valence-corrected chi connectivity index (χ0v) is 14.2. The van der Waals surface area contributed by atoms with E-state index < -0.39 is 25.9 Å². The Bertz CT molecular complexity index is 911. The fourth-order valence-corrected chi connectivity index (χ4v) is 3.57. The summed E-state index contributed by atoms with van der Waals surface area (Å²) >= 11 is 0. The number of benzene rings is 2. The Morgan fingerprint density at radius 3 is 2.04 bits per heavy atom. The molecule has 0 bridgehead atoms. The number of hydrogen-bond donors (Lipinski definition) is 0. The fraction of sp³-hybridized carbons (Fsp3) is 0.200. The Hall–Kier alpha value is -2.85. The molecule has 0 fully saturated rings. The van der Waals surface area contributed by atoms with Crippen molar-refractivity contribution in [1.29, 1.82) is 0 Å². The highest BCUT2D eigenvalue weighted by Gasteiger charge is 2.27. The lowest BCUT2D eigenvalue weighted by Gasteiger charge is -2.24. The van der Waals surface area contributed by atoms with Gasteiger partial charge in [0.05, 0.1) is 14.7 Å². The number of nitro benzene ring substituents is 2. The largest absolute Gasteiger partial charge is 0.269 e. The molecule has 25 heavy (non-hydrogen) atoms. The second kappa shape index (κ2) is 6.95. The minimum Gasteiger partial charge on any atom is -0.258 e. The molecule has 1 atom stereocenters. The molecular weight excluding hydrogens is 350 g/mol. The first-order valence-electron chi connectivity index (χ1n) is 7.11. The zero-order valence-electron chi connectivity index (χ0n) is 13.4. The molecule has 0 spiro atoms. The quantitative estimate of drug-likeness (QED) is 0.572. The first-order chi connectivity index (χ1) is 11.6. The highest BCUT2D eigenvalue weighted by atomic mass is 32.2. The van der Waals surface area contributed by atoms with Crippen LogP contribution < -0.4 is 0 Å². The molecule has 2 rings (SSSR count). The fourth-order valence-electron chi connectivity index (χ4n) is 2.22. The molecule has 0 saturated carbocycles. The van der Waals surface area contributed by atoms with Crippen molar-refractivity contribution in [2.24, 2.45) is 0 Å². The van der Waals surface area contributed by atoms with E-state index in [-0.39, 0.29) is 16.3 Å². The zero-order chi connectivity index (χ0) is 18.8. The van der Waals surface area contributed by atoms with E-state index in [9.17, 15) is 28.6 Å². The van der Waals surface area contributed by atoms with E-state index in [1.54, 1.807) is 13.0 Å². The lowest BCUT2D eigenvalue weighted by Crippen LogP contribution is -2.29. The molecule has 0 N–H and O–H groups in total. The smallest absolute Gasteiger partial charge is 0.258 e. The van der Waals surface area contributed by atoms with Gasteiger partial charge in [-0.15, -0.1) is 0 Å². The summed E-state index contributed by atoms with van der Waals surface area (Å²) in [6.07, 6.45) is 0. The van der Waals surface area contributed by atoms with Crippen LogP contribution in [0.3, 0.4) is 0 Å². The summed E-state index contributed by atoms with van der Waals surface area (Å²) in [6, 6.07) is 9.58. The summed E-state index contributed by atoms with van der Waals surface area (Å²) in [7, 11) is -2.57. The molecular formula is C15H15N3O6S. The van der Waals surface area contributed by atoms with Crippen LogP contribution in [0.4, 0.5) is 11.4 Å². The number of sulfonamides is 1. The van der Waals surface area contributed by atoms with Crippen molar-refractivity contribution in [3.05, 3.63) is 74.3 Å². The molecule has 9 nitrogen and oxygen atoms in total. The van der Waals surface area contributed by atoms with Crippen molar-refractivity contribution in [3.63, 3.8) is 0 Å². The van der Waals surface area contributed by atoms with E-state index in [0.29, 0.717) is 5.56 Å². The number of hydrogen-bond acceptors (Lipinski definition) is 6. The molecule has 0 aliphatic heterocycles. The van der Waals surface area contributed by atoms with Gasteiger partial charge in [-0.25, -0.2) is 8.42 Å². The maximum atomic E-state index is 12.7. The van der Waals surface area contributed by atoms with Gasteiger partial charge in [0.1, 0.15) is 0 Å². The predicted molar refractivity (Wildman–Crippen MR) is 89.6 cm³/mol. The third kappa shape index (κ3) is 3.80. The SMILES string of the molecule is CC(c1cccc([N+](=O)[O-])c1)N(C)S(=O)(=O)c1ccc([N+](=O)[O-])cc1. The van der Waals surface area contributed by atoms with Crippen molar-refractivity contribution in [1.82, 2.24) is 4.31 Å². The minimum atomic E-state index is -3.92. The molecule has 0 amide bonds. The molecule has 0 heterocycles. The van der Waals surface area contributed by atoms with E-state index in [1.807, 2.05) is 0 Å². The van der Waals surface area contributed by atoms with Gasteiger partial charge in [-0.3, -0.25) is 20.2 Å². The predicted octanol–water partition coefficient (Wildman–Crippen LogP) is 2.88. The van der Waals surface area contributed by atoms with Crippen LogP contribution in [-0.4, -0.2) is 29.6 Å². The second-order valence-electron chi connectivity index (χ2n) is 5.30. The van der Waals surface area contributed by atoms with Crippen molar-refractivity contribution < 1.29 is 18.3 Å². The first-order valence-corrected chi connectivity index (χ1v) is 8.55. The van der Waals surface area contributed by atoms with Gasteiger partial charge in [-0.05, 0) is 24.6 Å². The molecule has 10 heteroatoms. The average Bonchev–Trinajstić information content (AvgIpc) is 2.60. The van der Waals surface area contributed by atoms with Crippen LogP contribution in [0.2, 0.25) is 0 Å². The standard InChI is InChI=1S/C15H15N3O6S/c1-11(12-4-3-5-14(10-12)18(21)22)16(2)25(23,24)15-8-6-13(7-9-15)17(19)20/h3-11H,1-2H3. The van der Waals surface area contributed by atoms with Gasteiger partial charge < -0.3 is 0 Å². The van der Waals surface area contributed by atoms with E-state index in [1.165, 1.54) is 25.2 Å². The van der Waals surface area contributed by atoms with E-state index in [2.05, 4.69) is 0 Å². The third-order valence-corrected chi connectivity index (χ3v) is 5.78. The highest BCUT2D eigenvalue weighted by Crippen LogP contribution is 2.28. The summed E-state index contributed by atoms with van der Waals surface area (Å²) < 4.78 is 26.4. The summed E-state index contributed by atoms with van der Waals surface area (Å²) in [6.45, 7) is 1.60. The molecule has 0 aliphatic carbocycles. The lowest BCUT2D eigenvalue weighted by molar-refractivity contribution is -0.385. The molecule has 132 valence electrons. The topological polar surface area (TPSA) is 124 Å². The minimum absolute atomic E-state index is 0.0992. The Balaban J connectivity index is 2.34. The van der Waals surface area contributed by atoms with Gasteiger partial charge in [-0.2, -0.15) is 4.31 Å². The van der Waals surface area contributed by atoms with Gasteiger partial charge in [0, 0.05) is 37.4 Å². The van der Waals surface area contributed by atoms with Gasteiger partial charge in [0.25, 0.3) is 11.4 Å². The molecule has 0 aliphatic rings. The Morgan fingerprint density at radius 1 is 0.960 bits per heavy atom. The van der Waals surface area contributed by atoms with Gasteiger partial charge in [-0.1, -0.05) is 12.1 Å². The molecule has 1 unspecified atom stereocenters. The van der Waals surface area contributed by atoms with Gasteiger partial charge in [0.2, 0.25) is 10.0 Å². The van der Waals surface area contributed by atoms with E-state index in [0.717, 1.165) is 28.6 Å². The maximum absolute atomic E-state index is 12.7. The van der Waals surface area contributed by atoms with Crippen LogP contribution in [0.15, 0.2) is 53.4 Å². The van der Waals surface area contributed by atoms with Gasteiger partial charge >= 0.3 is 0 Å². The van der Waals surface area contributed by atoms with Crippen LogP contribution in [0.1, 0.15) is 18.5 Å². The molecule has 0 aromatic heterocycles. The number of rotatable bonds is 6. The first kappa shape index (κ1) is 18.5.